The van der Waals surface area contributed by atoms with Crippen LogP contribution >= 0.6 is 34.8 Å². The molecule has 7 heteroatoms. The van der Waals surface area contributed by atoms with Crippen LogP contribution in [0, 0.1) is 0 Å². The molecule has 0 spiro atoms. The molecule has 154 valence electrons. The second-order valence-electron chi connectivity index (χ2n) is 6.20. The molecule has 1 N–H and O–H groups in total. The van der Waals surface area contributed by atoms with Crippen molar-refractivity contribution in [1.29, 1.82) is 0 Å². The Morgan fingerprint density at radius 1 is 0.933 bits per heavy atom. The van der Waals surface area contributed by atoms with Gasteiger partial charge in [0, 0.05) is 21.7 Å². The number of halogens is 3. The van der Waals surface area contributed by atoms with Gasteiger partial charge in [-0.1, -0.05) is 59.1 Å². The van der Waals surface area contributed by atoms with Gasteiger partial charge in [0.15, 0.2) is 11.5 Å². The van der Waals surface area contributed by atoms with Gasteiger partial charge in [0.2, 0.25) is 5.91 Å². The fraction of sp³-hybridized carbons (Fsp3) is 0.0870. The molecule has 3 aromatic carbocycles. The Morgan fingerprint density at radius 2 is 1.63 bits per heavy atom. The van der Waals surface area contributed by atoms with E-state index < -0.39 is 0 Å². The molecule has 4 nitrogen and oxygen atoms in total. The molecule has 0 fully saturated rings. The van der Waals surface area contributed by atoms with Crippen LogP contribution in [0.1, 0.15) is 11.1 Å². The number of anilines is 1. The van der Waals surface area contributed by atoms with Crippen molar-refractivity contribution in [2.75, 3.05) is 12.4 Å². The maximum atomic E-state index is 12.1. The summed E-state index contributed by atoms with van der Waals surface area (Å²) < 4.78 is 11.2. The molecule has 0 bridgehead atoms. The molecule has 0 saturated heterocycles. The lowest BCUT2D eigenvalue weighted by Crippen LogP contribution is -2.07. The van der Waals surface area contributed by atoms with Gasteiger partial charge in [-0.3, -0.25) is 4.79 Å². The summed E-state index contributed by atoms with van der Waals surface area (Å²) in [6.07, 6.45) is 3.09. The zero-order valence-electron chi connectivity index (χ0n) is 16.0. The number of amides is 1. The molecule has 30 heavy (non-hydrogen) atoms. The van der Waals surface area contributed by atoms with Crippen molar-refractivity contribution in [3.8, 4) is 11.5 Å². The number of methoxy groups -OCH3 is 1. The Kier molecular flexibility index (Phi) is 7.63. The van der Waals surface area contributed by atoms with Crippen LogP contribution < -0.4 is 14.8 Å². The summed E-state index contributed by atoms with van der Waals surface area (Å²) in [5.74, 6) is 0.758. The van der Waals surface area contributed by atoms with Gasteiger partial charge in [0.05, 0.1) is 17.8 Å². The van der Waals surface area contributed by atoms with Crippen LogP contribution in [-0.2, 0) is 11.4 Å². The SMILES string of the molecule is COc1cc(C=CC(=O)Nc2ccccc2Cl)ccc1OCc1c(Cl)cccc1Cl. The third-order valence-corrected chi connectivity index (χ3v) is 5.22. The van der Waals surface area contributed by atoms with Crippen molar-refractivity contribution in [1.82, 2.24) is 0 Å². The summed E-state index contributed by atoms with van der Waals surface area (Å²) in [6, 6.07) is 17.7. The molecule has 0 heterocycles. The van der Waals surface area contributed by atoms with Gasteiger partial charge in [-0.2, -0.15) is 0 Å². The highest BCUT2D eigenvalue weighted by Gasteiger charge is 2.10. The van der Waals surface area contributed by atoms with Gasteiger partial charge >= 0.3 is 0 Å². The molecule has 0 radical (unpaired) electrons. The van der Waals surface area contributed by atoms with Crippen molar-refractivity contribution in [3.05, 3.63) is 92.9 Å². The first-order chi connectivity index (χ1) is 14.5. The van der Waals surface area contributed by atoms with Gasteiger partial charge in [-0.15, -0.1) is 0 Å². The number of hydrogen-bond donors (Lipinski definition) is 1. The van der Waals surface area contributed by atoms with E-state index in [9.17, 15) is 4.79 Å². The summed E-state index contributed by atoms with van der Waals surface area (Å²) in [5, 5.41) is 4.27. The monoisotopic (exact) mass is 461 g/mol. The molecule has 0 unspecified atom stereocenters. The quantitative estimate of drug-likeness (QED) is 0.389. The highest BCUT2D eigenvalue weighted by atomic mass is 35.5. The molecule has 0 saturated carbocycles. The summed E-state index contributed by atoms with van der Waals surface area (Å²) in [5.41, 5.74) is 2.01. The topological polar surface area (TPSA) is 47.6 Å². The van der Waals surface area contributed by atoms with Gasteiger partial charge < -0.3 is 14.8 Å². The van der Waals surface area contributed by atoms with Crippen LogP contribution in [0.5, 0.6) is 11.5 Å². The zero-order valence-corrected chi connectivity index (χ0v) is 18.3. The van der Waals surface area contributed by atoms with Gasteiger partial charge in [0.1, 0.15) is 6.61 Å². The maximum Gasteiger partial charge on any atom is 0.248 e. The molecule has 3 rings (SSSR count). The van der Waals surface area contributed by atoms with Gasteiger partial charge in [-0.25, -0.2) is 0 Å². The highest BCUT2D eigenvalue weighted by molar-refractivity contribution is 6.36. The fourth-order valence-electron chi connectivity index (χ4n) is 2.64. The van der Waals surface area contributed by atoms with Crippen LogP contribution in [0.3, 0.4) is 0 Å². The van der Waals surface area contributed by atoms with E-state index in [4.69, 9.17) is 44.3 Å². The average molecular weight is 463 g/mol. The minimum Gasteiger partial charge on any atom is -0.493 e. The molecule has 0 atom stereocenters. The Labute approximate surface area is 190 Å². The van der Waals surface area contributed by atoms with Crippen molar-refractivity contribution < 1.29 is 14.3 Å². The first-order valence-electron chi connectivity index (χ1n) is 8.95. The van der Waals surface area contributed by atoms with Crippen LogP contribution in [0.15, 0.2) is 66.7 Å². The standard InChI is InChI=1S/C23H18Cl3NO3/c1-29-22-13-15(10-12-23(28)27-20-8-3-2-5-19(20)26)9-11-21(22)30-14-16-17(24)6-4-7-18(16)25/h2-13H,14H2,1H3,(H,27,28). The molecule has 0 aliphatic heterocycles. The minimum absolute atomic E-state index is 0.199. The molecule has 0 aliphatic rings. The Balaban J connectivity index is 1.68. The largest absolute Gasteiger partial charge is 0.493 e. The summed E-state index contributed by atoms with van der Waals surface area (Å²) in [4.78, 5) is 12.1. The van der Waals surface area contributed by atoms with Crippen molar-refractivity contribution >= 4 is 52.5 Å². The normalized spacial score (nSPS) is 10.8. The number of rotatable bonds is 7. The molecule has 1 amide bonds. The number of para-hydroxylation sites is 1. The number of nitrogens with one attached hydrogen (secondary N) is 1. The Hall–Kier alpha value is -2.66. The number of carbonyl (C=O) groups excluding carboxylic acids is 1. The molecular weight excluding hydrogens is 445 g/mol. The lowest BCUT2D eigenvalue weighted by Gasteiger charge is -2.13. The molecular formula is C23H18Cl3NO3. The third-order valence-electron chi connectivity index (χ3n) is 4.18. The first-order valence-corrected chi connectivity index (χ1v) is 10.1. The predicted molar refractivity (Wildman–Crippen MR) is 123 cm³/mol. The minimum atomic E-state index is -0.296. The second kappa shape index (κ2) is 10.4. The van der Waals surface area contributed by atoms with Crippen LogP contribution in [-0.4, -0.2) is 13.0 Å². The van der Waals surface area contributed by atoms with Crippen molar-refractivity contribution in [3.63, 3.8) is 0 Å². The van der Waals surface area contributed by atoms with E-state index in [-0.39, 0.29) is 12.5 Å². The summed E-state index contributed by atoms with van der Waals surface area (Å²) in [7, 11) is 1.54. The zero-order chi connectivity index (χ0) is 21.5. The first kappa shape index (κ1) is 22.0. The Morgan fingerprint density at radius 3 is 2.33 bits per heavy atom. The average Bonchev–Trinajstić information content (AvgIpc) is 2.74. The molecule has 3 aromatic rings. The van der Waals surface area contributed by atoms with E-state index in [2.05, 4.69) is 5.32 Å². The van der Waals surface area contributed by atoms with E-state index in [1.807, 2.05) is 6.07 Å². The van der Waals surface area contributed by atoms with E-state index in [0.717, 1.165) is 5.56 Å². The summed E-state index contributed by atoms with van der Waals surface area (Å²) in [6.45, 7) is 0.199. The van der Waals surface area contributed by atoms with Crippen LogP contribution in [0.2, 0.25) is 15.1 Å². The van der Waals surface area contributed by atoms with Crippen LogP contribution in [0.4, 0.5) is 5.69 Å². The lowest BCUT2D eigenvalue weighted by molar-refractivity contribution is -0.111. The predicted octanol–water partition coefficient (Wildman–Crippen LogP) is 6.89. The number of carbonyl (C=O) groups is 1. The van der Waals surface area contributed by atoms with E-state index in [0.29, 0.717) is 37.8 Å². The fourth-order valence-corrected chi connectivity index (χ4v) is 3.33. The number of hydrogen-bond acceptors (Lipinski definition) is 3. The van der Waals surface area contributed by atoms with Crippen LogP contribution in [0.25, 0.3) is 6.08 Å². The molecule has 0 aromatic heterocycles. The summed E-state index contributed by atoms with van der Waals surface area (Å²) >= 11 is 18.4. The molecule has 0 aliphatic carbocycles. The van der Waals surface area contributed by atoms with Gasteiger partial charge in [-0.05, 0) is 48.0 Å². The smallest absolute Gasteiger partial charge is 0.248 e. The lowest BCUT2D eigenvalue weighted by atomic mass is 10.2. The Bertz CT molecular complexity index is 1060. The third kappa shape index (κ3) is 5.70. The van der Waals surface area contributed by atoms with Gasteiger partial charge in [0.25, 0.3) is 0 Å². The second-order valence-corrected chi connectivity index (χ2v) is 7.42. The van der Waals surface area contributed by atoms with Crippen molar-refractivity contribution in [2.24, 2.45) is 0 Å². The van der Waals surface area contributed by atoms with E-state index in [1.165, 1.54) is 6.08 Å². The number of ether oxygens (including phenoxy) is 2. The van der Waals surface area contributed by atoms with Crippen molar-refractivity contribution in [2.45, 2.75) is 6.61 Å². The maximum absolute atomic E-state index is 12.1. The van der Waals surface area contributed by atoms with E-state index in [1.54, 1.807) is 67.8 Å². The van der Waals surface area contributed by atoms with E-state index >= 15 is 0 Å². The highest BCUT2D eigenvalue weighted by Crippen LogP contribution is 2.31. The number of benzene rings is 3.